The Hall–Kier alpha value is -2.68. The van der Waals surface area contributed by atoms with E-state index in [0.717, 1.165) is 12.0 Å². The first-order valence-corrected chi connectivity index (χ1v) is 7.22. The maximum absolute atomic E-state index is 12.2. The second kappa shape index (κ2) is 7.36. The van der Waals surface area contributed by atoms with Crippen LogP contribution >= 0.6 is 0 Å². The van der Waals surface area contributed by atoms with E-state index in [0.29, 0.717) is 5.92 Å². The summed E-state index contributed by atoms with van der Waals surface area (Å²) in [5.41, 5.74) is 1.08. The van der Waals surface area contributed by atoms with Crippen LogP contribution < -0.4 is 5.32 Å². The highest BCUT2D eigenvalue weighted by atomic mass is 16.2. The molecular formula is C16H19N5O. The molecule has 1 atom stereocenters. The van der Waals surface area contributed by atoms with E-state index < -0.39 is 0 Å². The fourth-order valence-corrected chi connectivity index (χ4v) is 2.24. The monoisotopic (exact) mass is 297 g/mol. The highest BCUT2D eigenvalue weighted by molar-refractivity contribution is 5.76. The lowest BCUT2D eigenvalue weighted by atomic mass is 9.97. The Balaban J connectivity index is 2.03. The minimum atomic E-state index is -0.149. The highest BCUT2D eigenvalue weighted by Crippen LogP contribution is 2.20. The van der Waals surface area contributed by atoms with Gasteiger partial charge < -0.3 is 5.32 Å². The lowest BCUT2D eigenvalue weighted by Crippen LogP contribution is -2.32. The summed E-state index contributed by atoms with van der Waals surface area (Å²) in [6.07, 6.45) is 2.24. The fraction of sp³-hybridized carbons (Fsp3) is 0.375. The van der Waals surface area contributed by atoms with Crippen LogP contribution in [-0.2, 0) is 11.3 Å². The van der Waals surface area contributed by atoms with E-state index >= 15 is 0 Å². The number of carbonyl (C=O) groups excluding carboxylic acids is 1. The molecule has 1 aromatic heterocycles. The molecule has 0 radical (unpaired) electrons. The summed E-state index contributed by atoms with van der Waals surface area (Å²) in [5.74, 6) is 0.376. The highest BCUT2D eigenvalue weighted by Gasteiger charge is 2.16. The number of carbonyl (C=O) groups is 1. The number of nitriles is 1. The van der Waals surface area contributed by atoms with Crippen LogP contribution in [0.2, 0.25) is 0 Å². The van der Waals surface area contributed by atoms with E-state index in [9.17, 15) is 4.79 Å². The van der Waals surface area contributed by atoms with Crippen LogP contribution in [0.4, 0.5) is 0 Å². The van der Waals surface area contributed by atoms with Gasteiger partial charge in [-0.3, -0.25) is 4.79 Å². The zero-order valence-corrected chi connectivity index (χ0v) is 12.7. The Bertz CT molecular complexity index is 657. The lowest BCUT2D eigenvalue weighted by molar-refractivity contribution is -0.122. The molecule has 0 saturated carbocycles. The van der Waals surface area contributed by atoms with Crippen molar-refractivity contribution >= 4 is 5.91 Å². The quantitative estimate of drug-likeness (QED) is 0.884. The molecule has 0 fully saturated rings. The summed E-state index contributed by atoms with van der Waals surface area (Å²) in [4.78, 5) is 16.0. The van der Waals surface area contributed by atoms with Gasteiger partial charge in [-0.1, -0.05) is 44.2 Å². The molecule has 1 heterocycles. The van der Waals surface area contributed by atoms with E-state index in [1.54, 1.807) is 0 Å². The molecule has 1 N–H and O–H groups in total. The molecule has 0 spiro atoms. The Kier molecular flexibility index (Phi) is 5.26. The molecule has 1 aromatic carbocycles. The van der Waals surface area contributed by atoms with Gasteiger partial charge in [-0.15, -0.1) is 5.10 Å². The molecule has 2 aromatic rings. The number of benzene rings is 1. The molecule has 0 aliphatic heterocycles. The van der Waals surface area contributed by atoms with Gasteiger partial charge in [0.25, 0.3) is 5.82 Å². The lowest BCUT2D eigenvalue weighted by Gasteiger charge is -2.21. The summed E-state index contributed by atoms with van der Waals surface area (Å²) in [7, 11) is 0. The van der Waals surface area contributed by atoms with Crippen LogP contribution in [0.15, 0.2) is 36.7 Å². The third kappa shape index (κ3) is 4.42. The normalized spacial score (nSPS) is 11.9. The molecule has 0 bridgehead atoms. The van der Waals surface area contributed by atoms with Gasteiger partial charge >= 0.3 is 0 Å². The molecule has 22 heavy (non-hydrogen) atoms. The Morgan fingerprint density at radius 1 is 1.36 bits per heavy atom. The van der Waals surface area contributed by atoms with E-state index in [2.05, 4.69) is 29.2 Å². The Morgan fingerprint density at radius 3 is 2.68 bits per heavy atom. The summed E-state index contributed by atoms with van der Waals surface area (Å²) in [6.45, 7) is 4.30. The number of hydrogen-bond acceptors (Lipinski definition) is 4. The van der Waals surface area contributed by atoms with Gasteiger partial charge in [-0.25, -0.2) is 9.67 Å². The Labute approximate surface area is 129 Å². The number of nitrogens with one attached hydrogen (secondary N) is 1. The number of nitrogens with zero attached hydrogens (tertiary/aromatic N) is 4. The van der Waals surface area contributed by atoms with E-state index in [4.69, 9.17) is 5.26 Å². The van der Waals surface area contributed by atoms with E-state index in [-0.39, 0.29) is 24.3 Å². The molecule has 6 heteroatoms. The van der Waals surface area contributed by atoms with Crippen molar-refractivity contribution in [2.45, 2.75) is 32.9 Å². The van der Waals surface area contributed by atoms with Crippen molar-refractivity contribution in [1.29, 1.82) is 5.26 Å². The predicted octanol–water partition coefficient (Wildman–Crippen LogP) is 2.05. The van der Waals surface area contributed by atoms with Gasteiger partial charge in [-0.05, 0) is 17.9 Å². The van der Waals surface area contributed by atoms with Crippen LogP contribution in [-0.4, -0.2) is 20.7 Å². The third-order valence-corrected chi connectivity index (χ3v) is 3.19. The first kappa shape index (κ1) is 15.7. The molecule has 1 amide bonds. The number of rotatable bonds is 6. The standard InChI is InChI=1S/C16H19N5O/c1-12(2)8-14(13-6-4-3-5-7-13)19-16(22)10-21-11-18-15(9-17)20-21/h3-7,11-12,14H,8,10H2,1-2H3,(H,19,22). The molecule has 2 rings (SSSR count). The topological polar surface area (TPSA) is 83.6 Å². The summed E-state index contributed by atoms with van der Waals surface area (Å²) in [6, 6.07) is 11.7. The largest absolute Gasteiger partial charge is 0.348 e. The molecular weight excluding hydrogens is 278 g/mol. The summed E-state index contributed by atoms with van der Waals surface area (Å²) < 4.78 is 1.37. The van der Waals surface area contributed by atoms with Gasteiger partial charge in [0.15, 0.2) is 0 Å². The van der Waals surface area contributed by atoms with Crippen molar-refractivity contribution in [2.24, 2.45) is 5.92 Å². The maximum Gasteiger partial charge on any atom is 0.252 e. The summed E-state index contributed by atoms with van der Waals surface area (Å²) in [5, 5.41) is 15.6. The van der Waals surface area contributed by atoms with Crippen LogP contribution in [0.25, 0.3) is 0 Å². The Morgan fingerprint density at radius 2 is 2.09 bits per heavy atom. The molecule has 0 aliphatic carbocycles. The van der Waals surface area contributed by atoms with Crippen LogP contribution in [0, 0.1) is 17.2 Å². The number of amides is 1. The molecule has 0 aliphatic rings. The average molecular weight is 297 g/mol. The van der Waals surface area contributed by atoms with Crippen molar-refractivity contribution in [1.82, 2.24) is 20.1 Å². The number of hydrogen-bond donors (Lipinski definition) is 1. The SMILES string of the molecule is CC(C)CC(NC(=O)Cn1cnc(C#N)n1)c1ccccc1. The van der Waals surface area contributed by atoms with Crippen molar-refractivity contribution in [3.63, 3.8) is 0 Å². The molecule has 1 unspecified atom stereocenters. The summed E-state index contributed by atoms with van der Waals surface area (Å²) >= 11 is 0. The smallest absolute Gasteiger partial charge is 0.252 e. The average Bonchev–Trinajstić information content (AvgIpc) is 2.94. The minimum Gasteiger partial charge on any atom is -0.348 e. The van der Waals surface area contributed by atoms with Crippen molar-refractivity contribution in [3.05, 3.63) is 48.0 Å². The zero-order chi connectivity index (χ0) is 15.9. The van der Waals surface area contributed by atoms with Gasteiger partial charge in [0.05, 0.1) is 6.04 Å². The van der Waals surface area contributed by atoms with Crippen LogP contribution in [0.5, 0.6) is 0 Å². The fourth-order valence-electron chi connectivity index (χ4n) is 2.24. The second-order valence-corrected chi connectivity index (χ2v) is 5.54. The van der Waals surface area contributed by atoms with E-state index in [1.165, 1.54) is 11.0 Å². The first-order chi connectivity index (χ1) is 10.6. The van der Waals surface area contributed by atoms with Crippen LogP contribution in [0.1, 0.15) is 37.7 Å². The van der Waals surface area contributed by atoms with Crippen molar-refractivity contribution in [3.8, 4) is 6.07 Å². The predicted molar refractivity (Wildman–Crippen MR) is 81.5 cm³/mol. The van der Waals surface area contributed by atoms with Gasteiger partial charge in [-0.2, -0.15) is 5.26 Å². The van der Waals surface area contributed by atoms with E-state index in [1.807, 2.05) is 36.4 Å². The van der Waals surface area contributed by atoms with Gasteiger partial charge in [0.1, 0.15) is 18.9 Å². The second-order valence-electron chi connectivity index (χ2n) is 5.54. The zero-order valence-electron chi connectivity index (χ0n) is 12.7. The minimum absolute atomic E-state index is 0.0346. The number of aromatic nitrogens is 3. The van der Waals surface area contributed by atoms with Crippen LogP contribution in [0.3, 0.4) is 0 Å². The molecule has 114 valence electrons. The molecule has 6 nitrogen and oxygen atoms in total. The molecule has 0 saturated heterocycles. The van der Waals surface area contributed by atoms with Crippen molar-refractivity contribution in [2.75, 3.05) is 0 Å². The third-order valence-electron chi connectivity index (χ3n) is 3.19. The van der Waals surface area contributed by atoms with Gasteiger partial charge in [0, 0.05) is 0 Å². The first-order valence-electron chi connectivity index (χ1n) is 7.22. The maximum atomic E-state index is 12.2. The van der Waals surface area contributed by atoms with Gasteiger partial charge in [0.2, 0.25) is 5.91 Å². The van der Waals surface area contributed by atoms with Crippen molar-refractivity contribution < 1.29 is 4.79 Å².